The van der Waals surface area contributed by atoms with Crippen LogP contribution in [0.2, 0.25) is 0 Å². The number of urea groups is 1. The lowest BCUT2D eigenvalue weighted by Gasteiger charge is -2.07. The summed E-state index contributed by atoms with van der Waals surface area (Å²) in [6.07, 6.45) is 0. The SMILES string of the molecule is NC(=O)N(O)CCO. The van der Waals surface area contributed by atoms with Gasteiger partial charge < -0.3 is 10.8 Å². The van der Waals surface area contributed by atoms with E-state index in [0.717, 1.165) is 0 Å². The maximum atomic E-state index is 9.88. The molecule has 0 aromatic heterocycles. The first-order valence-electron chi connectivity index (χ1n) is 2.05. The fourth-order valence-electron chi connectivity index (χ4n) is 0.205. The van der Waals surface area contributed by atoms with E-state index < -0.39 is 6.03 Å². The lowest BCUT2D eigenvalue weighted by molar-refractivity contribution is -0.0484. The van der Waals surface area contributed by atoms with Crippen LogP contribution in [0.4, 0.5) is 4.79 Å². The van der Waals surface area contributed by atoms with Crippen LogP contribution in [0.3, 0.4) is 0 Å². The van der Waals surface area contributed by atoms with Crippen LogP contribution in [0.15, 0.2) is 0 Å². The van der Waals surface area contributed by atoms with Crippen LogP contribution in [0.1, 0.15) is 0 Å². The van der Waals surface area contributed by atoms with Gasteiger partial charge in [-0.15, -0.1) is 0 Å². The fourth-order valence-corrected chi connectivity index (χ4v) is 0.205. The normalized spacial score (nSPS) is 8.75. The Balaban J connectivity index is 3.32. The summed E-state index contributed by atoms with van der Waals surface area (Å²) in [6.45, 7) is -0.436. The number of hydroxylamine groups is 2. The largest absolute Gasteiger partial charge is 0.394 e. The van der Waals surface area contributed by atoms with Crippen molar-refractivity contribution in [3.05, 3.63) is 0 Å². The summed E-state index contributed by atoms with van der Waals surface area (Å²) in [5.41, 5.74) is 4.55. The first-order valence-corrected chi connectivity index (χ1v) is 2.05. The van der Waals surface area contributed by atoms with Gasteiger partial charge in [-0.1, -0.05) is 0 Å². The molecular weight excluding hydrogens is 112 g/mol. The summed E-state index contributed by atoms with van der Waals surface area (Å²) >= 11 is 0. The Morgan fingerprint density at radius 3 is 2.38 bits per heavy atom. The third-order valence-electron chi connectivity index (χ3n) is 0.566. The Labute approximate surface area is 46.3 Å². The average Bonchev–Trinajstić information content (AvgIpc) is 1.67. The highest BCUT2D eigenvalue weighted by atomic mass is 16.5. The Kier molecular flexibility index (Phi) is 2.90. The quantitative estimate of drug-likeness (QED) is 0.314. The molecule has 0 aromatic carbocycles. The molecule has 0 radical (unpaired) electrons. The number of nitrogens with two attached hydrogens (primary N) is 1. The summed E-state index contributed by atoms with van der Waals surface area (Å²) in [6, 6.07) is -0.959. The maximum absolute atomic E-state index is 9.88. The average molecular weight is 120 g/mol. The molecule has 4 N–H and O–H groups in total. The number of aliphatic hydroxyl groups is 1. The number of nitrogens with zero attached hydrogens (tertiary/aromatic N) is 1. The summed E-state index contributed by atoms with van der Waals surface area (Å²) in [4.78, 5) is 9.88. The number of primary amides is 1. The van der Waals surface area contributed by atoms with Gasteiger partial charge >= 0.3 is 6.03 Å². The van der Waals surface area contributed by atoms with E-state index >= 15 is 0 Å². The molecule has 0 saturated heterocycles. The highest BCUT2D eigenvalue weighted by Crippen LogP contribution is 1.75. The smallest absolute Gasteiger partial charge is 0.338 e. The number of carbonyl (C=O) groups excluding carboxylic acids is 1. The lowest BCUT2D eigenvalue weighted by Crippen LogP contribution is -2.34. The summed E-state index contributed by atoms with van der Waals surface area (Å²) in [7, 11) is 0. The van der Waals surface area contributed by atoms with Gasteiger partial charge in [-0.3, -0.25) is 5.21 Å². The van der Waals surface area contributed by atoms with E-state index in [1.165, 1.54) is 0 Å². The Bertz CT molecular complexity index is 84.6. The van der Waals surface area contributed by atoms with Crippen LogP contribution >= 0.6 is 0 Å². The Morgan fingerprint density at radius 2 is 2.25 bits per heavy atom. The minimum absolute atomic E-state index is 0.144. The van der Waals surface area contributed by atoms with E-state index in [-0.39, 0.29) is 18.2 Å². The second kappa shape index (κ2) is 3.23. The van der Waals surface area contributed by atoms with Crippen LogP contribution in [-0.2, 0) is 0 Å². The molecule has 0 rings (SSSR count). The molecule has 0 spiro atoms. The van der Waals surface area contributed by atoms with E-state index in [1.807, 2.05) is 0 Å². The molecule has 2 amide bonds. The van der Waals surface area contributed by atoms with Gasteiger partial charge in [0.1, 0.15) is 0 Å². The summed E-state index contributed by atoms with van der Waals surface area (Å²) < 4.78 is 0. The van der Waals surface area contributed by atoms with Gasteiger partial charge in [0, 0.05) is 0 Å². The number of rotatable bonds is 2. The second-order valence-corrected chi connectivity index (χ2v) is 1.18. The van der Waals surface area contributed by atoms with E-state index in [0.29, 0.717) is 0 Å². The van der Waals surface area contributed by atoms with Crippen molar-refractivity contribution in [2.45, 2.75) is 0 Å². The zero-order chi connectivity index (χ0) is 6.57. The first-order chi connectivity index (χ1) is 3.68. The molecule has 0 fully saturated rings. The zero-order valence-electron chi connectivity index (χ0n) is 4.24. The van der Waals surface area contributed by atoms with Crippen LogP contribution in [0.5, 0.6) is 0 Å². The van der Waals surface area contributed by atoms with Crippen molar-refractivity contribution in [3.8, 4) is 0 Å². The molecule has 0 atom stereocenters. The Morgan fingerprint density at radius 1 is 1.75 bits per heavy atom. The third-order valence-corrected chi connectivity index (χ3v) is 0.566. The molecule has 0 heterocycles. The molecule has 0 aliphatic carbocycles. The molecule has 0 aromatic rings. The predicted octanol–water partition coefficient (Wildman–Crippen LogP) is -1.25. The molecule has 5 heteroatoms. The van der Waals surface area contributed by atoms with Gasteiger partial charge in [0.2, 0.25) is 0 Å². The van der Waals surface area contributed by atoms with Crippen molar-refractivity contribution in [1.29, 1.82) is 0 Å². The van der Waals surface area contributed by atoms with Gasteiger partial charge in [0.15, 0.2) is 0 Å². The maximum Gasteiger partial charge on any atom is 0.338 e. The van der Waals surface area contributed by atoms with Crippen LogP contribution in [-0.4, -0.2) is 34.6 Å². The number of hydrogen-bond donors (Lipinski definition) is 3. The van der Waals surface area contributed by atoms with E-state index in [9.17, 15) is 4.79 Å². The monoisotopic (exact) mass is 120 g/mol. The number of carbonyl (C=O) groups is 1. The molecule has 8 heavy (non-hydrogen) atoms. The lowest BCUT2D eigenvalue weighted by atomic mass is 10.7. The van der Waals surface area contributed by atoms with Crippen LogP contribution in [0.25, 0.3) is 0 Å². The Hall–Kier alpha value is -0.810. The molecular formula is C3H8N2O3. The van der Waals surface area contributed by atoms with Crippen molar-refractivity contribution in [3.63, 3.8) is 0 Å². The highest BCUT2D eigenvalue weighted by molar-refractivity contribution is 5.70. The van der Waals surface area contributed by atoms with Crippen LogP contribution < -0.4 is 5.73 Å². The van der Waals surface area contributed by atoms with Gasteiger partial charge in [-0.05, 0) is 0 Å². The molecule has 0 bridgehead atoms. The third kappa shape index (κ3) is 2.38. The number of amides is 2. The number of hydrogen-bond acceptors (Lipinski definition) is 3. The minimum Gasteiger partial charge on any atom is -0.394 e. The molecule has 0 saturated carbocycles. The van der Waals surface area contributed by atoms with Crippen molar-refractivity contribution in [1.82, 2.24) is 5.06 Å². The first kappa shape index (κ1) is 7.19. The zero-order valence-corrected chi connectivity index (χ0v) is 4.24. The minimum atomic E-state index is -0.959. The van der Waals surface area contributed by atoms with Gasteiger partial charge in [0.05, 0.1) is 13.2 Å². The molecule has 0 unspecified atom stereocenters. The fraction of sp³-hybridized carbons (Fsp3) is 0.667. The van der Waals surface area contributed by atoms with Crippen molar-refractivity contribution < 1.29 is 15.1 Å². The van der Waals surface area contributed by atoms with E-state index in [1.54, 1.807) is 0 Å². The molecule has 0 aliphatic heterocycles. The standard InChI is InChI=1S/C3H8N2O3/c4-3(7)5(8)1-2-6/h6,8H,1-2H2,(H2,4,7). The van der Waals surface area contributed by atoms with Crippen molar-refractivity contribution in [2.75, 3.05) is 13.2 Å². The molecule has 0 aliphatic rings. The predicted molar refractivity (Wildman–Crippen MR) is 25.2 cm³/mol. The molecule has 48 valence electrons. The summed E-state index contributed by atoms with van der Waals surface area (Å²) in [5, 5.41) is 16.6. The van der Waals surface area contributed by atoms with E-state index in [2.05, 4.69) is 5.73 Å². The van der Waals surface area contributed by atoms with Crippen molar-refractivity contribution >= 4 is 6.03 Å². The van der Waals surface area contributed by atoms with E-state index in [4.69, 9.17) is 10.3 Å². The van der Waals surface area contributed by atoms with Crippen LogP contribution in [0, 0.1) is 0 Å². The highest BCUT2D eigenvalue weighted by Gasteiger charge is 2.01. The topological polar surface area (TPSA) is 86.8 Å². The molecule has 5 nitrogen and oxygen atoms in total. The van der Waals surface area contributed by atoms with Crippen molar-refractivity contribution in [2.24, 2.45) is 5.73 Å². The number of aliphatic hydroxyl groups excluding tert-OH is 1. The van der Waals surface area contributed by atoms with Gasteiger partial charge in [-0.2, -0.15) is 0 Å². The van der Waals surface area contributed by atoms with Gasteiger partial charge in [-0.25, -0.2) is 9.86 Å². The second-order valence-electron chi connectivity index (χ2n) is 1.18. The van der Waals surface area contributed by atoms with Gasteiger partial charge in [0.25, 0.3) is 0 Å². The summed E-state index contributed by atoms with van der Waals surface area (Å²) in [5.74, 6) is 0.